The van der Waals surface area contributed by atoms with E-state index in [1.165, 1.54) is 43.5 Å². The van der Waals surface area contributed by atoms with Gasteiger partial charge >= 0.3 is 6.61 Å². The van der Waals surface area contributed by atoms with Crippen molar-refractivity contribution in [3.63, 3.8) is 0 Å². The summed E-state index contributed by atoms with van der Waals surface area (Å²) in [4.78, 5) is 0. The molecule has 0 saturated heterocycles. The number of ether oxygens (including phenoxy) is 2. The van der Waals surface area contributed by atoms with Crippen LogP contribution in [0.15, 0.2) is 42.5 Å². The number of aliphatic hydroxyl groups is 1. The van der Waals surface area contributed by atoms with Gasteiger partial charge in [-0.05, 0) is 35.9 Å². The molecular weight excluding hydrogens is 285 g/mol. The highest BCUT2D eigenvalue weighted by molar-refractivity contribution is 5.41. The van der Waals surface area contributed by atoms with Gasteiger partial charge in [0.2, 0.25) is 0 Å². The molecule has 0 aliphatic carbocycles. The predicted molar refractivity (Wildman–Crippen MR) is 70.1 cm³/mol. The molecule has 0 aliphatic heterocycles. The lowest BCUT2D eigenvalue weighted by molar-refractivity contribution is -0.0498. The highest BCUT2D eigenvalue weighted by Crippen LogP contribution is 2.31. The SMILES string of the molecule is COc1ccc(F)cc1C(O)c1ccc(OC(F)F)cc1. The summed E-state index contributed by atoms with van der Waals surface area (Å²) in [5.41, 5.74) is 0.653. The van der Waals surface area contributed by atoms with Crippen molar-refractivity contribution in [2.24, 2.45) is 0 Å². The van der Waals surface area contributed by atoms with Crippen LogP contribution in [0.2, 0.25) is 0 Å². The number of halogens is 3. The molecule has 0 radical (unpaired) electrons. The van der Waals surface area contributed by atoms with Crippen molar-refractivity contribution < 1.29 is 27.8 Å². The Balaban J connectivity index is 2.27. The summed E-state index contributed by atoms with van der Waals surface area (Å²) in [7, 11) is 1.41. The van der Waals surface area contributed by atoms with Gasteiger partial charge in [-0.3, -0.25) is 0 Å². The normalized spacial score (nSPS) is 12.3. The Labute approximate surface area is 119 Å². The number of hydrogen-bond acceptors (Lipinski definition) is 3. The molecule has 0 aliphatic rings. The Hall–Kier alpha value is -2.21. The van der Waals surface area contributed by atoms with E-state index in [2.05, 4.69) is 4.74 Å². The fraction of sp³-hybridized carbons (Fsp3) is 0.200. The van der Waals surface area contributed by atoms with Crippen LogP contribution in [0.3, 0.4) is 0 Å². The van der Waals surface area contributed by atoms with Crippen LogP contribution in [0.4, 0.5) is 13.2 Å². The first-order chi connectivity index (χ1) is 10.0. The maximum atomic E-state index is 13.3. The van der Waals surface area contributed by atoms with E-state index in [0.717, 1.165) is 6.07 Å². The molecule has 1 atom stereocenters. The average molecular weight is 298 g/mol. The third-order valence-electron chi connectivity index (χ3n) is 2.91. The molecule has 0 aromatic heterocycles. The zero-order valence-electron chi connectivity index (χ0n) is 11.1. The van der Waals surface area contributed by atoms with Gasteiger partial charge < -0.3 is 14.6 Å². The molecule has 2 aromatic rings. The summed E-state index contributed by atoms with van der Waals surface area (Å²) >= 11 is 0. The second-order valence-corrected chi connectivity index (χ2v) is 4.24. The number of benzene rings is 2. The number of aliphatic hydroxyl groups excluding tert-OH is 1. The molecule has 21 heavy (non-hydrogen) atoms. The summed E-state index contributed by atoms with van der Waals surface area (Å²) in [6.45, 7) is -2.91. The van der Waals surface area contributed by atoms with Crippen molar-refractivity contribution in [3.8, 4) is 11.5 Å². The molecule has 0 amide bonds. The zero-order chi connectivity index (χ0) is 15.4. The van der Waals surface area contributed by atoms with Gasteiger partial charge in [-0.15, -0.1) is 0 Å². The molecule has 0 fully saturated rings. The van der Waals surface area contributed by atoms with Crippen LogP contribution in [0.25, 0.3) is 0 Å². The first-order valence-electron chi connectivity index (χ1n) is 6.07. The van der Waals surface area contributed by atoms with Gasteiger partial charge in [-0.2, -0.15) is 8.78 Å². The number of rotatable bonds is 5. The minimum absolute atomic E-state index is 0.0212. The summed E-state index contributed by atoms with van der Waals surface area (Å²) < 4.78 is 46.7. The van der Waals surface area contributed by atoms with Crippen molar-refractivity contribution in [1.29, 1.82) is 0 Å². The predicted octanol–water partition coefficient (Wildman–Crippen LogP) is 3.52. The Morgan fingerprint density at radius 2 is 1.71 bits per heavy atom. The van der Waals surface area contributed by atoms with Crippen molar-refractivity contribution in [3.05, 3.63) is 59.4 Å². The van der Waals surface area contributed by atoms with E-state index >= 15 is 0 Å². The molecule has 0 spiro atoms. The van der Waals surface area contributed by atoms with Gasteiger partial charge in [0.15, 0.2) is 0 Å². The highest BCUT2D eigenvalue weighted by Gasteiger charge is 2.16. The largest absolute Gasteiger partial charge is 0.496 e. The minimum atomic E-state index is -2.91. The minimum Gasteiger partial charge on any atom is -0.496 e. The number of alkyl halides is 2. The van der Waals surface area contributed by atoms with Gasteiger partial charge in [-0.25, -0.2) is 4.39 Å². The molecule has 6 heteroatoms. The lowest BCUT2D eigenvalue weighted by Gasteiger charge is -2.15. The van der Waals surface area contributed by atoms with Crippen molar-refractivity contribution in [1.82, 2.24) is 0 Å². The molecule has 3 nitrogen and oxygen atoms in total. The van der Waals surface area contributed by atoms with Crippen LogP contribution in [-0.2, 0) is 0 Å². The fourth-order valence-corrected chi connectivity index (χ4v) is 1.93. The summed E-state index contributed by atoms with van der Waals surface area (Å²) in [6, 6.07) is 9.23. The summed E-state index contributed by atoms with van der Waals surface area (Å²) in [6.07, 6.45) is -1.14. The first-order valence-corrected chi connectivity index (χ1v) is 6.07. The zero-order valence-corrected chi connectivity index (χ0v) is 11.1. The molecule has 0 saturated carbocycles. The standard InChI is InChI=1S/C15H13F3O3/c1-20-13-7-4-10(16)8-12(13)14(19)9-2-5-11(6-3-9)21-15(17)18/h2-8,14-15,19H,1H3. The second-order valence-electron chi connectivity index (χ2n) is 4.24. The van der Waals surface area contributed by atoms with E-state index in [0.29, 0.717) is 11.3 Å². The van der Waals surface area contributed by atoms with Crippen LogP contribution >= 0.6 is 0 Å². The van der Waals surface area contributed by atoms with E-state index in [-0.39, 0.29) is 11.3 Å². The van der Waals surface area contributed by atoms with Crippen molar-refractivity contribution in [2.75, 3.05) is 7.11 Å². The quantitative estimate of drug-likeness (QED) is 0.918. The second kappa shape index (κ2) is 6.49. The van der Waals surface area contributed by atoms with Crippen LogP contribution < -0.4 is 9.47 Å². The van der Waals surface area contributed by atoms with Crippen LogP contribution in [0, 0.1) is 5.82 Å². The lowest BCUT2D eigenvalue weighted by Crippen LogP contribution is -2.04. The van der Waals surface area contributed by atoms with Crippen LogP contribution in [0.1, 0.15) is 17.2 Å². The molecule has 0 bridgehead atoms. The third-order valence-corrected chi connectivity index (χ3v) is 2.91. The molecule has 1 unspecified atom stereocenters. The van der Waals surface area contributed by atoms with Gasteiger partial charge in [0, 0.05) is 5.56 Å². The molecule has 112 valence electrons. The van der Waals surface area contributed by atoms with E-state index in [1.807, 2.05) is 0 Å². The highest BCUT2D eigenvalue weighted by atomic mass is 19.3. The van der Waals surface area contributed by atoms with Crippen molar-refractivity contribution in [2.45, 2.75) is 12.7 Å². The fourth-order valence-electron chi connectivity index (χ4n) is 1.93. The van der Waals surface area contributed by atoms with E-state index in [1.54, 1.807) is 0 Å². The third kappa shape index (κ3) is 3.66. The Morgan fingerprint density at radius 3 is 2.29 bits per heavy atom. The van der Waals surface area contributed by atoms with Gasteiger partial charge in [0.05, 0.1) is 7.11 Å². The monoisotopic (exact) mass is 298 g/mol. The summed E-state index contributed by atoms with van der Waals surface area (Å²) in [5.74, 6) is -0.202. The van der Waals surface area contributed by atoms with Gasteiger partial charge in [0.1, 0.15) is 23.4 Å². The maximum absolute atomic E-state index is 13.3. The topological polar surface area (TPSA) is 38.7 Å². The molecule has 2 rings (SSSR count). The Bertz CT molecular complexity index is 600. The molecule has 1 N–H and O–H groups in total. The van der Waals surface area contributed by atoms with Crippen LogP contribution in [-0.4, -0.2) is 18.8 Å². The van der Waals surface area contributed by atoms with Crippen molar-refractivity contribution >= 4 is 0 Å². The number of methoxy groups -OCH3 is 1. The van der Waals surface area contributed by atoms with E-state index in [9.17, 15) is 18.3 Å². The first kappa shape index (κ1) is 15.2. The lowest BCUT2D eigenvalue weighted by atomic mass is 10.0. The molecule has 2 aromatic carbocycles. The smallest absolute Gasteiger partial charge is 0.387 e. The van der Waals surface area contributed by atoms with Crippen LogP contribution in [0.5, 0.6) is 11.5 Å². The van der Waals surface area contributed by atoms with E-state index < -0.39 is 18.5 Å². The Kier molecular flexibility index (Phi) is 4.70. The Morgan fingerprint density at radius 1 is 1.05 bits per heavy atom. The van der Waals surface area contributed by atoms with E-state index in [4.69, 9.17) is 4.74 Å². The van der Waals surface area contributed by atoms with Gasteiger partial charge in [0.25, 0.3) is 0 Å². The summed E-state index contributed by atoms with van der Waals surface area (Å²) in [5, 5.41) is 10.3. The maximum Gasteiger partial charge on any atom is 0.387 e. The average Bonchev–Trinajstić information content (AvgIpc) is 2.46. The number of hydrogen-bond donors (Lipinski definition) is 1. The molecular formula is C15H13F3O3. The molecule has 0 heterocycles. The van der Waals surface area contributed by atoms with Gasteiger partial charge in [-0.1, -0.05) is 12.1 Å².